The Bertz CT molecular complexity index is 4400. The Morgan fingerprint density at radius 1 is 0.223 bits per heavy atom. The Kier molecular flexibility index (Phi) is 19.2. The first-order valence-electron chi connectivity index (χ1n) is 31.4. The normalized spacial score (nSPS) is 11.8. The minimum absolute atomic E-state index is 0.613. The maximum absolute atomic E-state index is 10.1. The largest absolute Gasteiger partial charge is 0.311 e. The fraction of sp³-hybridized carbons (Fsp3) is 0.0333. The van der Waals surface area contributed by atoms with E-state index in [1.54, 1.807) is 0 Å². The predicted octanol–water partition coefficient (Wildman–Crippen LogP) is 23.8. The molecule has 0 radical (unpaired) electrons. The fourth-order valence-corrected chi connectivity index (χ4v) is 11.1. The van der Waals surface area contributed by atoms with Crippen LogP contribution in [-0.4, -0.2) is 0 Å². The highest BCUT2D eigenvalue weighted by atomic mass is 15.1. The van der Waals surface area contributed by atoms with E-state index in [1.165, 1.54) is 16.7 Å². The van der Waals surface area contributed by atoms with Crippen LogP contribution in [0.4, 0.5) is 17.1 Å². The van der Waals surface area contributed by atoms with Crippen molar-refractivity contribution in [1.29, 1.82) is 15.8 Å². The molecule has 0 aliphatic heterocycles. The first-order chi connectivity index (χ1) is 46.1. The van der Waals surface area contributed by atoms with Crippen molar-refractivity contribution in [2.75, 3.05) is 4.90 Å². The number of anilines is 3. The van der Waals surface area contributed by atoms with Crippen LogP contribution in [0.5, 0.6) is 0 Å². The fourth-order valence-electron chi connectivity index (χ4n) is 11.1. The van der Waals surface area contributed by atoms with E-state index in [0.29, 0.717) is 16.7 Å². The van der Waals surface area contributed by atoms with E-state index in [2.05, 4.69) is 335 Å². The minimum atomic E-state index is 0.613. The zero-order chi connectivity index (χ0) is 64.6. The number of nitrogens with zero attached hydrogens (tertiary/aromatic N) is 4. The van der Waals surface area contributed by atoms with E-state index in [-0.39, 0.29) is 0 Å². The second kappa shape index (κ2) is 29.3. The molecule has 12 aromatic rings. The third-order valence-corrected chi connectivity index (χ3v) is 16.7. The summed E-state index contributed by atoms with van der Waals surface area (Å²) in [6.45, 7) is 6.26. The molecule has 0 amide bonds. The number of rotatable bonds is 18. The molecule has 4 nitrogen and oxygen atoms in total. The van der Waals surface area contributed by atoms with Crippen LogP contribution in [0.1, 0.15) is 83.5 Å². The lowest BCUT2D eigenvalue weighted by atomic mass is 9.99. The van der Waals surface area contributed by atoms with Crippen molar-refractivity contribution < 1.29 is 0 Å². The summed E-state index contributed by atoms with van der Waals surface area (Å²) in [6, 6.07) is 108. The van der Waals surface area contributed by atoms with Gasteiger partial charge in [-0.05, 0) is 176 Å². The molecule has 0 saturated heterocycles. The Labute approximate surface area is 552 Å². The minimum Gasteiger partial charge on any atom is -0.311 e. The summed E-state index contributed by atoms with van der Waals surface area (Å²) in [5.74, 6) is 0. The van der Waals surface area contributed by atoms with Gasteiger partial charge in [0.1, 0.15) is 0 Å². The van der Waals surface area contributed by atoms with Gasteiger partial charge in [0.05, 0.1) is 34.9 Å². The number of allylic oxidation sites excluding steroid dienone is 3. The second-order valence-electron chi connectivity index (χ2n) is 23.4. The number of benzene rings is 12. The Hall–Kier alpha value is -12.7. The first-order valence-corrected chi connectivity index (χ1v) is 31.4. The first kappa shape index (κ1) is 61.6. The Balaban J connectivity index is 0.740. The summed E-state index contributed by atoms with van der Waals surface area (Å²) < 4.78 is 0. The summed E-state index contributed by atoms with van der Waals surface area (Å²) >= 11 is 0. The maximum Gasteiger partial charge on any atom is 0.0998 e. The number of aryl methyl sites for hydroxylation is 3. The highest BCUT2D eigenvalue weighted by Gasteiger charge is 2.14. The molecule has 0 saturated carbocycles. The van der Waals surface area contributed by atoms with Gasteiger partial charge in [-0.3, -0.25) is 0 Å². The van der Waals surface area contributed by atoms with Crippen molar-refractivity contribution in [3.63, 3.8) is 0 Å². The lowest BCUT2D eigenvalue weighted by molar-refractivity contribution is 1.28. The van der Waals surface area contributed by atoms with E-state index in [1.807, 2.05) is 54.6 Å². The SMILES string of the molecule is Cc1ccc(-c2ccc(/C(C#N)=C/c3ccc(/C=C/c4ccc(N(c5ccc(/C=C/c6ccc(/C=C(/C#N)c7ccc(-c8ccc(C)cc8)cc7)cc6)cc5)c5ccc(/C=C/c6ccc(/C=C(/C#N)c7ccc(-c8ccc(C)cc8)cc7)cc6)cc5)cc4)cc3)cc2)cc1. The Morgan fingerprint density at radius 2 is 0.394 bits per heavy atom. The third kappa shape index (κ3) is 15.7. The molecule has 4 heteroatoms. The van der Waals surface area contributed by atoms with E-state index in [9.17, 15) is 15.8 Å². The Morgan fingerprint density at radius 3 is 0.585 bits per heavy atom. The summed E-state index contributed by atoms with van der Waals surface area (Å²) in [7, 11) is 0. The van der Waals surface area contributed by atoms with Crippen LogP contribution in [-0.2, 0) is 0 Å². The van der Waals surface area contributed by atoms with Gasteiger partial charge in [0.15, 0.2) is 0 Å². The lowest BCUT2D eigenvalue weighted by Gasteiger charge is -2.26. The molecule has 12 aromatic carbocycles. The summed E-state index contributed by atoms with van der Waals surface area (Å²) in [5.41, 5.74) is 27.2. The number of hydrogen-bond donors (Lipinski definition) is 0. The van der Waals surface area contributed by atoms with E-state index in [0.717, 1.165) is 117 Å². The molecule has 446 valence electrons. The van der Waals surface area contributed by atoms with Crippen LogP contribution in [0.15, 0.2) is 291 Å². The molecule has 12 rings (SSSR count). The molecule has 94 heavy (non-hydrogen) atoms. The van der Waals surface area contributed by atoms with Crippen LogP contribution in [0.2, 0.25) is 0 Å². The van der Waals surface area contributed by atoms with Crippen LogP contribution < -0.4 is 4.90 Å². The number of hydrogen-bond acceptors (Lipinski definition) is 4. The molecule has 0 aromatic heterocycles. The molecule has 0 heterocycles. The molecule has 0 aliphatic rings. The molecule has 0 unspecified atom stereocenters. The van der Waals surface area contributed by atoms with Gasteiger partial charge in [-0.15, -0.1) is 0 Å². The molecule has 0 atom stereocenters. The summed E-state index contributed by atoms with van der Waals surface area (Å²) in [4.78, 5) is 2.27. The van der Waals surface area contributed by atoms with Crippen LogP contribution in [0.25, 0.3) is 105 Å². The topological polar surface area (TPSA) is 74.6 Å². The predicted molar refractivity (Wildman–Crippen MR) is 398 cm³/mol. The third-order valence-electron chi connectivity index (χ3n) is 16.7. The molecule has 0 fully saturated rings. The standard InChI is InChI=1S/C90H66N4/c1-64-4-34-76(35-5-64)79-40-46-82(47-41-79)85(61-91)58-73-22-16-67(17-23-73)10-13-70-28-52-88(53-29-70)94(89-54-30-71(31-55-89)14-11-68-18-24-74(25-19-68)59-86(62-92)83-48-42-80(43-49-83)77-36-6-65(2)7-37-77)90-56-32-72(33-57-90)15-12-69-20-26-75(27-21-69)60-87(63-93)84-50-44-81(45-51-84)78-38-8-66(3)9-39-78/h4-60H,1-3H3/b13-10+,14-11+,15-12+,85-58-,86-59-,87-60+. The highest BCUT2D eigenvalue weighted by Crippen LogP contribution is 2.36. The molecule has 0 bridgehead atoms. The summed E-state index contributed by atoms with van der Waals surface area (Å²) in [6.07, 6.45) is 18.5. The van der Waals surface area contributed by atoms with Crippen molar-refractivity contribution in [2.45, 2.75) is 20.8 Å². The number of nitriles is 3. The van der Waals surface area contributed by atoms with Crippen molar-refractivity contribution in [2.24, 2.45) is 0 Å². The smallest absolute Gasteiger partial charge is 0.0998 e. The van der Waals surface area contributed by atoms with Gasteiger partial charge in [-0.1, -0.05) is 308 Å². The molecule has 0 N–H and O–H groups in total. The second-order valence-corrected chi connectivity index (χ2v) is 23.4. The van der Waals surface area contributed by atoms with E-state index in [4.69, 9.17) is 0 Å². The average molecular weight is 1200 g/mol. The monoisotopic (exact) mass is 1200 g/mol. The van der Waals surface area contributed by atoms with E-state index >= 15 is 0 Å². The van der Waals surface area contributed by atoms with E-state index < -0.39 is 0 Å². The molecule has 0 aliphatic carbocycles. The van der Waals surface area contributed by atoms with Crippen molar-refractivity contribution in [3.05, 3.63) is 375 Å². The van der Waals surface area contributed by atoms with Gasteiger partial charge in [0, 0.05) is 17.1 Å². The van der Waals surface area contributed by atoms with Gasteiger partial charge < -0.3 is 4.90 Å². The highest BCUT2D eigenvalue weighted by molar-refractivity contribution is 5.93. The van der Waals surface area contributed by atoms with Gasteiger partial charge >= 0.3 is 0 Å². The maximum atomic E-state index is 10.1. The molecule has 0 spiro atoms. The summed E-state index contributed by atoms with van der Waals surface area (Å²) in [5, 5.41) is 30.4. The van der Waals surface area contributed by atoms with Crippen LogP contribution >= 0.6 is 0 Å². The van der Waals surface area contributed by atoms with Crippen LogP contribution in [0.3, 0.4) is 0 Å². The van der Waals surface area contributed by atoms with Gasteiger partial charge in [0.25, 0.3) is 0 Å². The average Bonchev–Trinajstić information content (AvgIpc) is 1.09. The zero-order valence-corrected chi connectivity index (χ0v) is 52.7. The zero-order valence-electron chi connectivity index (χ0n) is 52.7. The quantitative estimate of drug-likeness (QED) is 0.0634. The van der Waals surface area contributed by atoms with Crippen molar-refractivity contribution in [3.8, 4) is 51.6 Å². The van der Waals surface area contributed by atoms with Gasteiger partial charge in [0.2, 0.25) is 0 Å². The van der Waals surface area contributed by atoms with Gasteiger partial charge in [-0.25, -0.2) is 0 Å². The van der Waals surface area contributed by atoms with Crippen molar-refractivity contribution in [1.82, 2.24) is 0 Å². The lowest BCUT2D eigenvalue weighted by Crippen LogP contribution is -2.09. The van der Waals surface area contributed by atoms with Crippen molar-refractivity contribution >= 4 is 88.5 Å². The molecular weight excluding hydrogens is 1140 g/mol. The molecular formula is C90H66N4. The van der Waals surface area contributed by atoms with Gasteiger partial charge in [-0.2, -0.15) is 15.8 Å². The van der Waals surface area contributed by atoms with Crippen LogP contribution in [0, 0.1) is 54.8 Å².